The lowest BCUT2D eigenvalue weighted by Gasteiger charge is -2.45. The lowest BCUT2D eigenvalue weighted by Crippen LogP contribution is -2.53. The molecule has 0 aliphatic carbocycles. The third kappa shape index (κ3) is 2.70. The second-order valence-corrected chi connectivity index (χ2v) is 5.99. The van der Waals surface area contributed by atoms with Crippen molar-refractivity contribution in [1.29, 1.82) is 0 Å². The van der Waals surface area contributed by atoms with Gasteiger partial charge in [-0.3, -0.25) is 0 Å². The molecule has 0 aromatic heterocycles. The van der Waals surface area contributed by atoms with Crippen LogP contribution in [0.15, 0.2) is 24.3 Å². The highest BCUT2D eigenvalue weighted by atomic mass is 16.5. The Morgan fingerprint density at radius 3 is 2.18 bits per heavy atom. The summed E-state index contributed by atoms with van der Waals surface area (Å²) in [5, 5.41) is 0. The van der Waals surface area contributed by atoms with E-state index < -0.39 is 0 Å². The zero-order valence-electron chi connectivity index (χ0n) is 11.1. The summed E-state index contributed by atoms with van der Waals surface area (Å²) >= 11 is 0. The minimum absolute atomic E-state index is 0.143. The summed E-state index contributed by atoms with van der Waals surface area (Å²) in [7, 11) is 0. The van der Waals surface area contributed by atoms with E-state index in [2.05, 4.69) is 45.0 Å². The van der Waals surface area contributed by atoms with E-state index in [4.69, 9.17) is 10.5 Å². The van der Waals surface area contributed by atoms with Gasteiger partial charge in [0.1, 0.15) is 0 Å². The fourth-order valence-electron chi connectivity index (χ4n) is 2.69. The Bertz CT molecular complexity index is 371. The summed E-state index contributed by atoms with van der Waals surface area (Å²) < 4.78 is 5.44. The number of aryl methyl sites for hydroxylation is 1. The van der Waals surface area contributed by atoms with Crippen LogP contribution in [0.2, 0.25) is 0 Å². The highest BCUT2D eigenvalue weighted by molar-refractivity contribution is 5.32. The molecule has 0 amide bonds. The van der Waals surface area contributed by atoms with Crippen molar-refractivity contribution >= 4 is 0 Å². The molecule has 94 valence electrons. The van der Waals surface area contributed by atoms with Crippen molar-refractivity contribution < 1.29 is 4.74 Å². The van der Waals surface area contributed by atoms with E-state index in [1.165, 1.54) is 11.1 Å². The second-order valence-electron chi connectivity index (χ2n) is 5.99. The predicted molar refractivity (Wildman–Crippen MR) is 71.2 cm³/mol. The molecule has 2 rings (SSSR count). The SMILES string of the molecule is CCc1ccc(C2(CC(C)(C)N)COC2)cc1. The predicted octanol–water partition coefficient (Wildman–Crippen LogP) is 2.64. The molecule has 0 unspecified atom stereocenters. The average Bonchev–Trinajstić information content (AvgIpc) is 2.23. The topological polar surface area (TPSA) is 35.2 Å². The first kappa shape index (κ1) is 12.6. The first-order chi connectivity index (χ1) is 7.95. The van der Waals surface area contributed by atoms with Crippen LogP contribution in [-0.4, -0.2) is 18.8 Å². The fraction of sp³-hybridized carbons (Fsp3) is 0.600. The Morgan fingerprint density at radius 1 is 1.24 bits per heavy atom. The van der Waals surface area contributed by atoms with Crippen LogP contribution in [0.25, 0.3) is 0 Å². The molecule has 0 atom stereocenters. The van der Waals surface area contributed by atoms with Gasteiger partial charge in [0.15, 0.2) is 0 Å². The van der Waals surface area contributed by atoms with Crippen molar-refractivity contribution in [2.45, 2.75) is 44.6 Å². The molecule has 2 heteroatoms. The zero-order chi connectivity index (χ0) is 12.5. The van der Waals surface area contributed by atoms with Crippen molar-refractivity contribution in [1.82, 2.24) is 0 Å². The van der Waals surface area contributed by atoms with Crippen LogP contribution in [0.5, 0.6) is 0 Å². The van der Waals surface area contributed by atoms with E-state index in [1.807, 2.05) is 0 Å². The van der Waals surface area contributed by atoms with Gasteiger partial charge in [-0.2, -0.15) is 0 Å². The van der Waals surface area contributed by atoms with E-state index in [1.54, 1.807) is 0 Å². The molecule has 1 fully saturated rings. The largest absolute Gasteiger partial charge is 0.379 e. The summed E-state index contributed by atoms with van der Waals surface area (Å²) in [5.74, 6) is 0. The monoisotopic (exact) mass is 233 g/mol. The summed E-state index contributed by atoms with van der Waals surface area (Å²) in [6, 6.07) is 8.93. The van der Waals surface area contributed by atoms with Crippen molar-refractivity contribution in [2.24, 2.45) is 5.73 Å². The van der Waals surface area contributed by atoms with Crippen LogP contribution in [0.1, 0.15) is 38.3 Å². The molecule has 0 radical (unpaired) electrons. The Labute approximate surface area is 104 Å². The summed E-state index contributed by atoms with van der Waals surface area (Å²) in [5.41, 5.74) is 8.93. The normalized spacial score (nSPS) is 18.8. The summed E-state index contributed by atoms with van der Waals surface area (Å²) in [6.45, 7) is 7.97. The Kier molecular flexibility index (Phi) is 3.28. The number of benzene rings is 1. The molecule has 0 spiro atoms. The maximum atomic E-state index is 6.17. The van der Waals surface area contributed by atoms with Crippen LogP contribution >= 0.6 is 0 Å². The summed E-state index contributed by atoms with van der Waals surface area (Å²) in [6.07, 6.45) is 2.07. The van der Waals surface area contributed by atoms with Crippen LogP contribution in [-0.2, 0) is 16.6 Å². The smallest absolute Gasteiger partial charge is 0.0586 e. The molecule has 1 heterocycles. The average molecular weight is 233 g/mol. The standard InChI is InChI=1S/C15H23NO/c1-4-12-5-7-13(8-6-12)15(10-17-11-15)9-14(2,3)16/h5-8H,4,9-11,16H2,1-3H3. The lowest BCUT2D eigenvalue weighted by atomic mass is 9.71. The van der Waals surface area contributed by atoms with Crippen LogP contribution in [0.4, 0.5) is 0 Å². The van der Waals surface area contributed by atoms with Crippen molar-refractivity contribution in [3.8, 4) is 0 Å². The number of rotatable bonds is 4. The molecule has 1 saturated heterocycles. The second kappa shape index (κ2) is 4.43. The maximum Gasteiger partial charge on any atom is 0.0586 e. The van der Waals surface area contributed by atoms with Gasteiger partial charge in [-0.05, 0) is 37.8 Å². The zero-order valence-corrected chi connectivity index (χ0v) is 11.1. The van der Waals surface area contributed by atoms with Gasteiger partial charge >= 0.3 is 0 Å². The van der Waals surface area contributed by atoms with Gasteiger partial charge in [-0.1, -0.05) is 31.2 Å². The van der Waals surface area contributed by atoms with Crippen molar-refractivity contribution in [3.05, 3.63) is 35.4 Å². The molecular formula is C15H23NO. The number of ether oxygens (including phenoxy) is 1. The van der Waals surface area contributed by atoms with Crippen molar-refractivity contribution in [2.75, 3.05) is 13.2 Å². The van der Waals surface area contributed by atoms with Gasteiger partial charge in [-0.15, -0.1) is 0 Å². The van der Waals surface area contributed by atoms with Crippen LogP contribution < -0.4 is 5.73 Å². The Morgan fingerprint density at radius 2 is 1.82 bits per heavy atom. The number of nitrogens with two attached hydrogens (primary N) is 1. The molecule has 1 aromatic carbocycles. The third-order valence-electron chi connectivity index (χ3n) is 3.53. The lowest BCUT2D eigenvalue weighted by molar-refractivity contribution is -0.0719. The fourth-order valence-corrected chi connectivity index (χ4v) is 2.69. The summed E-state index contributed by atoms with van der Waals surface area (Å²) in [4.78, 5) is 0. The molecular weight excluding hydrogens is 210 g/mol. The first-order valence-corrected chi connectivity index (χ1v) is 6.41. The van der Waals surface area contributed by atoms with Gasteiger partial charge in [0.2, 0.25) is 0 Å². The molecule has 1 aromatic rings. The number of hydrogen-bond donors (Lipinski definition) is 1. The molecule has 2 nitrogen and oxygen atoms in total. The molecule has 17 heavy (non-hydrogen) atoms. The van der Waals surface area contributed by atoms with E-state index in [0.717, 1.165) is 26.1 Å². The number of hydrogen-bond acceptors (Lipinski definition) is 2. The molecule has 2 N–H and O–H groups in total. The van der Waals surface area contributed by atoms with Gasteiger partial charge in [0.05, 0.1) is 13.2 Å². The maximum absolute atomic E-state index is 6.17. The minimum atomic E-state index is -0.146. The molecule has 1 aliphatic heterocycles. The quantitative estimate of drug-likeness (QED) is 0.867. The Hall–Kier alpha value is -0.860. The minimum Gasteiger partial charge on any atom is -0.379 e. The van der Waals surface area contributed by atoms with Gasteiger partial charge in [-0.25, -0.2) is 0 Å². The molecule has 0 bridgehead atoms. The highest BCUT2D eigenvalue weighted by Crippen LogP contribution is 2.38. The van der Waals surface area contributed by atoms with Crippen molar-refractivity contribution in [3.63, 3.8) is 0 Å². The van der Waals surface area contributed by atoms with Gasteiger partial charge < -0.3 is 10.5 Å². The van der Waals surface area contributed by atoms with Gasteiger partial charge in [0.25, 0.3) is 0 Å². The van der Waals surface area contributed by atoms with E-state index in [9.17, 15) is 0 Å². The van der Waals surface area contributed by atoms with E-state index >= 15 is 0 Å². The van der Waals surface area contributed by atoms with Gasteiger partial charge in [0, 0.05) is 11.0 Å². The molecule has 1 aliphatic rings. The Balaban J connectivity index is 2.22. The first-order valence-electron chi connectivity index (χ1n) is 6.41. The van der Waals surface area contributed by atoms with Crippen LogP contribution in [0.3, 0.4) is 0 Å². The van der Waals surface area contributed by atoms with E-state index in [-0.39, 0.29) is 11.0 Å². The highest BCUT2D eigenvalue weighted by Gasteiger charge is 2.43. The molecule has 0 saturated carbocycles. The van der Waals surface area contributed by atoms with Crippen LogP contribution in [0, 0.1) is 0 Å². The van der Waals surface area contributed by atoms with E-state index in [0.29, 0.717) is 0 Å². The third-order valence-corrected chi connectivity index (χ3v) is 3.53.